The van der Waals surface area contributed by atoms with Crippen LogP contribution in [0.1, 0.15) is 12.5 Å². The first-order valence-corrected chi connectivity index (χ1v) is 11.3. The molecule has 1 heterocycles. The molecule has 0 fully saturated rings. The van der Waals surface area contributed by atoms with Crippen molar-refractivity contribution < 1.29 is 18.3 Å². The fraction of sp³-hybridized carbons (Fsp3) is 0.160. The maximum absolute atomic E-state index is 13.4. The average Bonchev–Trinajstić information content (AvgIpc) is 2.81. The Morgan fingerprint density at radius 3 is 2.41 bits per heavy atom. The van der Waals surface area contributed by atoms with Gasteiger partial charge in [0.1, 0.15) is 5.75 Å². The lowest BCUT2D eigenvalue weighted by Crippen LogP contribution is -2.26. The van der Waals surface area contributed by atoms with Crippen LogP contribution in [0, 0.1) is 6.92 Å². The molecule has 4 aromatic rings. The third kappa shape index (κ3) is 5.09. The summed E-state index contributed by atoms with van der Waals surface area (Å²) in [5, 5.41) is 3.01. The molecule has 0 aliphatic carbocycles. The predicted octanol–water partition coefficient (Wildman–Crippen LogP) is 5.41. The van der Waals surface area contributed by atoms with Gasteiger partial charge in [0.2, 0.25) is 5.91 Å². The number of alkyl halides is 2. The van der Waals surface area contributed by atoms with Gasteiger partial charge in [0.05, 0.1) is 21.8 Å². The summed E-state index contributed by atoms with van der Waals surface area (Å²) >= 11 is 1.16. The van der Waals surface area contributed by atoms with Gasteiger partial charge >= 0.3 is 6.61 Å². The molecule has 174 valence electrons. The SMILES string of the molecule is Cc1ccccc1-n1c(SC(C)C(=O)Nc2ccc(OC(F)F)cc2)nc2ccccc2c1=O. The van der Waals surface area contributed by atoms with E-state index < -0.39 is 11.9 Å². The molecule has 1 N–H and O–H groups in total. The second kappa shape index (κ2) is 10.0. The molecular weight excluding hydrogens is 460 g/mol. The van der Waals surface area contributed by atoms with E-state index in [9.17, 15) is 18.4 Å². The Morgan fingerprint density at radius 1 is 1.03 bits per heavy atom. The summed E-state index contributed by atoms with van der Waals surface area (Å²) in [4.78, 5) is 30.9. The molecule has 1 amide bonds. The number of amides is 1. The standard InChI is InChI=1S/C25H21F2N3O3S/c1-15-7-3-6-10-21(15)30-23(32)19-8-4-5-9-20(19)29-25(30)34-16(2)22(31)28-17-11-13-18(14-12-17)33-24(26)27/h3-14,16,24H,1-2H3,(H,28,31). The summed E-state index contributed by atoms with van der Waals surface area (Å²) < 4.78 is 30.5. The van der Waals surface area contributed by atoms with Gasteiger partial charge < -0.3 is 10.1 Å². The number of ether oxygens (including phenoxy) is 1. The van der Waals surface area contributed by atoms with Crippen molar-refractivity contribution in [3.63, 3.8) is 0 Å². The Labute approximate surface area is 198 Å². The third-order valence-corrected chi connectivity index (χ3v) is 6.15. The highest BCUT2D eigenvalue weighted by molar-refractivity contribution is 8.00. The van der Waals surface area contributed by atoms with E-state index in [1.165, 1.54) is 28.8 Å². The summed E-state index contributed by atoms with van der Waals surface area (Å²) in [6, 6.07) is 20.2. The number of hydrogen-bond donors (Lipinski definition) is 1. The van der Waals surface area contributed by atoms with Gasteiger partial charge in [-0.3, -0.25) is 14.2 Å². The van der Waals surface area contributed by atoms with E-state index in [2.05, 4.69) is 15.0 Å². The number of aryl methyl sites for hydroxylation is 1. The molecule has 0 saturated heterocycles. The molecule has 6 nitrogen and oxygen atoms in total. The molecule has 1 unspecified atom stereocenters. The minimum absolute atomic E-state index is 0.00182. The molecule has 0 saturated carbocycles. The van der Waals surface area contributed by atoms with Crippen molar-refractivity contribution in [3.8, 4) is 11.4 Å². The van der Waals surface area contributed by atoms with Crippen LogP contribution in [-0.4, -0.2) is 27.3 Å². The number of nitrogens with one attached hydrogen (secondary N) is 1. The van der Waals surface area contributed by atoms with Crippen LogP contribution in [0.4, 0.5) is 14.5 Å². The minimum atomic E-state index is -2.92. The number of nitrogens with zero attached hydrogens (tertiary/aromatic N) is 2. The zero-order valence-corrected chi connectivity index (χ0v) is 19.2. The van der Waals surface area contributed by atoms with E-state index in [4.69, 9.17) is 0 Å². The van der Waals surface area contributed by atoms with Gasteiger partial charge in [-0.15, -0.1) is 0 Å². The van der Waals surface area contributed by atoms with Crippen LogP contribution in [0.3, 0.4) is 0 Å². The van der Waals surface area contributed by atoms with E-state index in [1.807, 2.05) is 31.2 Å². The van der Waals surface area contributed by atoms with Gasteiger partial charge in [0, 0.05) is 5.69 Å². The highest BCUT2D eigenvalue weighted by Gasteiger charge is 2.21. The van der Waals surface area contributed by atoms with Crippen LogP contribution < -0.4 is 15.6 Å². The quantitative estimate of drug-likeness (QED) is 0.282. The highest BCUT2D eigenvalue weighted by Crippen LogP contribution is 2.27. The Morgan fingerprint density at radius 2 is 1.71 bits per heavy atom. The van der Waals surface area contributed by atoms with Gasteiger partial charge in [-0.1, -0.05) is 42.1 Å². The van der Waals surface area contributed by atoms with Crippen LogP contribution in [0.15, 0.2) is 82.7 Å². The Hall–Kier alpha value is -3.72. The first kappa shape index (κ1) is 23.4. The fourth-order valence-corrected chi connectivity index (χ4v) is 4.31. The summed E-state index contributed by atoms with van der Waals surface area (Å²) in [6.45, 7) is 0.693. The molecule has 0 bridgehead atoms. The first-order chi connectivity index (χ1) is 16.3. The molecule has 0 aliphatic heterocycles. The molecule has 9 heteroatoms. The maximum atomic E-state index is 13.4. The molecule has 3 aromatic carbocycles. The van der Waals surface area contributed by atoms with Crippen molar-refractivity contribution in [1.29, 1.82) is 0 Å². The van der Waals surface area contributed by atoms with Crippen molar-refractivity contribution in [2.24, 2.45) is 0 Å². The number of rotatable bonds is 7. The van der Waals surface area contributed by atoms with Crippen LogP contribution in [0.2, 0.25) is 0 Å². The summed E-state index contributed by atoms with van der Waals surface area (Å²) in [5.41, 5.74) is 2.34. The van der Waals surface area contributed by atoms with Gasteiger partial charge in [0.15, 0.2) is 5.16 Å². The zero-order valence-electron chi connectivity index (χ0n) is 18.4. The number of thioether (sulfide) groups is 1. The number of carbonyl (C=O) groups is 1. The lowest BCUT2D eigenvalue weighted by Gasteiger charge is -2.17. The van der Waals surface area contributed by atoms with E-state index in [-0.39, 0.29) is 17.2 Å². The Kier molecular flexibility index (Phi) is 6.93. The van der Waals surface area contributed by atoms with Crippen LogP contribution in [-0.2, 0) is 4.79 Å². The fourth-order valence-electron chi connectivity index (χ4n) is 3.39. The van der Waals surface area contributed by atoms with E-state index in [0.717, 1.165) is 17.3 Å². The van der Waals surface area contributed by atoms with Crippen LogP contribution >= 0.6 is 11.8 Å². The summed E-state index contributed by atoms with van der Waals surface area (Å²) in [6.07, 6.45) is 0. The number of benzene rings is 3. The number of anilines is 1. The maximum Gasteiger partial charge on any atom is 0.387 e. The van der Waals surface area contributed by atoms with Crippen LogP contribution in [0.5, 0.6) is 5.75 Å². The molecule has 0 radical (unpaired) electrons. The zero-order chi connectivity index (χ0) is 24.2. The van der Waals surface area contributed by atoms with Gasteiger partial charge in [-0.05, 0) is 61.9 Å². The van der Waals surface area contributed by atoms with Crippen molar-refractivity contribution in [3.05, 3.63) is 88.7 Å². The minimum Gasteiger partial charge on any atom is -0.435 e. The van der Waals surface area contributed by atoms with Crippen molar-refractivity contribution in [2.75, 3.05) is 5.32 Å². The van der Waals surface area contributed by atoms with Crippen molar-refractivity contribution in [2.45, 2.75) is 30.9 Å². The average molecular weight is 482 g/mol. The number of para-hydroxylation sites is 2. The normalized spacial score (nSPS) is 12.0. The second-order valence-electron chi connectivity index (χ2n) is 7.49. The Balaban J connectivity index is 1.63. The van der Waals surface area contributed by atoms with Crippen LogP contribution in [0.25, 0.3) is 16.6 Å². The molecule has 1 atom stereocenters. The number of aromatic nitrogens is 2. The van der Waals surface area contributed by atoms with Gasteiger partial charge in [0.25, 0.3) is 5.56 Å². The second-order valence-corrected chi connectivity index (χ2v) is 8.80. The number of carbonyl (C=O) groups excluding carboxylic acids is 1. The van der Waals surface area contributed by atoms with Gasteiger partial charge in [-0.25, -0.2) is 4.98 Å². The lowest BCUT2D eigenvalue weighted by molar-refractivity contribution is -0.115. The van der Waals surface area contributed by atoms with Gasteiger partial charge in [-0.2, -0.15) is 8.78 Å². The lowest BCUT2D eigenvalue weighted by atomic mass is 10.2. The smallest absolute Gasteiger partial charge is 0.387 e. The van der Waals surface area contributed by atoms with E-state index in [0.29, 0.717) is 27.4 Å². The molecule has 0 aliphatic rings. The third-order valence-electron chi connectivity index (χ3n) is 5.10. The largest absolute Gasteiger partial charge is 0.435 e. The number of hydrogen-bond acceptors (Lipinski definition) is 5. The highest BCUT2D eigenvalue weighted by atomic mass is 32.2. The number of fused-ring (bicyclic) bond motifs is 1. The molecule has 0 spiro atoms. The molecule has 1 aromatic heterocycles. The molecule has 4 rings (SSSR count). The van der Waals surface area contributed by atoms with E-state index in [1.54, 1.807) is 31.2 Å². The molecule has 34 heavy (non-hydrogen) atoms. The topological polar surface area (TPSA) is 73.2 Å². The molecular formula is C25H21F2N3O3S. The monoisotopic (exact) mass is 481 g/mol. The van der Waals surface area contributed by atoms with Crippen molar-refractivity contribution >= 4 is 34.3 Å². The summed E-state index contributed by atoms with van der Waals surface area (Å²) in [7, 11) is 0. The first-order valence-electron chi connectivity index (χ1n) is 10.4. The van der Waals surface area contributed by atoms with Crippen molar-refractivity contribution in [1.82, 2.24) is 9.55 Å². The number of halogens is 2. The predicted molar refractivity (Wildman–Crippen MR) is 129 cm³/mol. The van der Waals surface area contributed by atoms with E-state index >= 15 is 0 Å². The Bertz CT molecular complexity index is 1390. The summed E-state index contributed by atoms with van der Waals surface area (Å²) in [5.74, 6) is -0.329.